The average molecular weight is 401 g/mol. The molecule has 1 aliphatic rings. The van der Waals surface area contributed by atoms with Gasteiger partial charge in [-0.3, -0.25) is 10.1 Å². The molecule has 9 heteroatoms. The highest BCUT2D eigenvalue weighted by Gasteiger charge is 2.22. The van der Waals surface area contributed by atoms with Gasteiger partial charge in [0.2, 0.25) is 5.95 Å². The molecule has 1 aromatic heterocycles. The minimum Gasteiger partial charge on any atom is -0.497 e. The van der Waals surface area contributed by atoms with Crippen LogP contribution in [0.3, 0.4) is 0 Å². The molecule has 0 radical (unpaired) electrons. The van der Waals surface area contributed by atoms with Crippen LogP contribution in [0.5, 0.6) is 5.75 Å². The molecular weight excluding hydrogens is 374 g/mol. The number of nitrogens with zero attached hydrogens (tertiary/aromatic N) is 3. The zero-order chi connectivity index (χ0) is 20.8. The van der Waals surface area contributed by atoms with E-state index in [1.807, 2.05) is 13.0 Å². The maximum atomic E-state index is 12.7. The summed E-state index contributed by atoms with van der Waals surface area (Å²) in [7, 11) is 1.55. The quantitative estimate of drug-likeness (QED) is 0.644. The summed E-state index contributed by atoms with van der Waals surface area (Å²) < 4.78 is 10.7. The third kappa shape index (κ3) is 5.33. The van der Waals surface area contributed by atoms with Gasteiger partial charge in [0.1, 0.15) is 17.4 Å². The Bertz CT molecular complexity index is 847. The maximum absolute atomic E-state index is 12.7. The minimum atomic E-state index is -0.336. The first-order valence-corrected chi connectivity index (χ1v) is 9.56. The molecule has 0 aliphatic carbocycles. The van der Waals surface area contributed by atoms with Crippen molar-refractivity contribution >= 4 is 23.5 Å². The highest BCUT2D eigenvalue weighted by atomic mass is 16.5. The zero-order valence-electron chi connectivity index (χ0n) is 16.9. The van der Waals surface area contributed by atoms with Crippen LogP contribution in [0.4, 0.5) is 17.6 Å². The predicted octanol–water partition coefficient (Wildman–Crippen LogP) is 1.76. The van der Waals surface area contributed by atoms with Crippen molar-refractivity contribution in [1.82, 2.24) is 9.97 Å². The average Bonchev–Trinajstić information content (AvgIpc) is 2.73. The summed E-state index contributed by atoms with van der Waals surface area (Å²) in [5, 5.41) is 15.2. The van der Waals surface area contributed by atoms with Crippen molar-refractivity contribution in [2.75, 3.05) is 49.0 Å². The Labute approximate surface area is 170 Å². The van der Waals surface area contributed by atoms with Gasteiger partial charge in [-0.15, -0.1) is 0 Å². The van der Waals surface area contributed by atoms with Gasteiger partial charge in [0.05, 0.1) is 33.0 Å². The number of aliphatic hydroxyl groups excluding tert-OH is 1. The van der Waals surface area contributed by atoms with E-state index in [9.17, 15) is 9.90 Å². The number of aliphatic hydroxyl groups is 1. The summed E-state index contributed by atoms with van der Waals surface area (Å²) in [6.07, 6.45) is 0. The topological polar surface area (TPSA) is 109 Å². The van der Waals surface area contributed by atoms with Crippen LogP contribution in [0.1, 0.15) is 24.2 Å². The lowest BCUT2D eigenvalue weighted by Gasteiger charge is -2.34. The molecule has 0 unspecified atom stereocenters. The van der Waals surface area contributed by atoms with E-state index in [0.717, 1.165) is 0 Å². The number of anilines is 3. The summed E-state index contributed by atoms with van der Waals surface area (Å²) >= 11 is 0. The Morgan fingerprint density at radius 1 is 1.41 bits per heavy atom. The van der Waals surface area contributed by atoms with E-state index in [2.05, 4.69) is 32.4 Å². The number of nitrogens with one attached hydrogen (secondary N) is 2. The zero-order valence-corrected chi connectivity index (χ0v) is 16.9. The number of hydrogen-bond acceptors (Lipinski definition) is 8. The van der Waals surface area contributed by atoms with Gasteiger partial charge in [-0.05, 0) is 32.0 Å². The molecule has 1 saturated heterocycles. The van der Waals surface area contributed by atoms with Crippen LogP contribution in [-0.4, -0.2) is 66.5 Å². The molecule has 2 aromatic rings. The number of ether oxygens (including phenoxy) is 2. The van der Waals surface area contributed by atoms with Crippen molar-refractivity contribution in [2.45, 2.75) is 25.9 Å². The summed E-state index contributed by atoms with van der Waals surface area (Å²) in [5.41, 5.74) is 0.441. The van der Waals surface area contributed by atoms with Gasteiger partial charge in [0, 0.05) is 24.2 Å². The first kappa shape index (κ1) is 20.8. The normalized spacial score (nSPS) is 17.5. The lowest BCUT2D eigenvalue weighted by molar-refractivity contribution is 0.0984. The van der Waals surface area contributed by atoms with Crippen molar-refractivity contribution in [3.8, 4) is 5.75 Å². The molecule has 1 aromatic carbocycles. The van der Waals surface area contributed by atoms with Gasteiger partial charge < -0.3 is 24.8 Å². The van der Waals surface area contributed by atoms with E-state index < -0.39 is 0 Å². The summed E-state index contributed by atoms with van der Waals surface area (Å²) in [6.45, 7) is 5.75. The van der Waals surface area contributed by atoms with Crippen molar-refractivity contribution in [3.63, 3.8) is 0 Å². The number of carbonyl (C=O) groups excluding carboxylic acids is 1. The van der Waals surface area contributed by atoms with E-state index >= 15 is 0 Å². The Hall–Kier alpha value is -2.91. The van der Waals surface area contributed by atoms with E-state index in [4.69, 9.17) is 9.47 Å². The van der Waals surface area contributed by atoms with Crippen molar-refractivity contribution in [3.05, 3.63) is 35.9 Å². The van der Waals surface area contributed by atoms with Crippen LogP contribution < -0.4 is 20.3 Å². The molecule has 3 rings (SSSR count). The second-order valence-corrected chi connectivity index (χ2v) is 6.97. The Kier molecular flexibility index (Phi) is 6.84. The second-order valence-electron chi connectivity index (χ2n) is 6.97. The van der Waals surface area contributed by atoms with Crippen LogP contribution in [-0.2, 0) is 4.74 Å². The molecule has 3 N–H and O–H groups in total. The fourth-order valence-electron chi connectivity index (χ4n) is 3.02. The van der Waals surface area contributed by atoms with Gasteiger partial charge >= 0.3 is 0 Å². The molecule has 1 amide bonds. The maximum Gasteiger partial charge on any atom is 0.258 e. The third-order valence-corrected chi connectivity index (χ3v) is 4.60. The molecule has 0 bridgehead atoms. The van der Waals surface area contributed by atoms with E-state index in [-0.39, 0.29) is 30.5 Å². The number of carbonyl (C=O) groups is 1. The highest BCUT2D eigenvalue weighted by Crippen LogP contribution is 2.23. The van der Waals surface area contributed by atoms with Crippen LogP contribution in [0.15, 0.2) is 30.3 Å². The number of benzene rings is 1. The largest absolute Gasteiger partial charge is 0.497 e. The molecule has 2 heterocycles. The van der Waals surface area contributed by atoms with Gasteiger partial charge in [0.25, 0.3) is 5.91 Å². The Morgan fingerprint density at radius 3 is 2.97 bits per heavy atom. The fourth-order valence-corrected chi connectivity index (χ4v) is 3.02. The van der Waals surface area contributed by atoms with E-state index in [0.29, 0.717) is 42.7 Å². The minimum absolute atomic E-state index is 0.0429. The number of methoxy groups -OCH3 is 1. The molecule has 1 fully saturated rings. The van der Waals surface area contributed by atoms with Crippen molar-refractivity contribution < 1.29 is 19.4 Å². The first-order chi connectivity index (χ1) is 14.0. The van der Waals surface area contributed by atoms with Crippen LogP contribution >= 0.6 is 0 Å². The second kappa shape index (κ2) is 9.53. The predicted molar refractivity (Wildman–Crippen MR) is 111 cm³/mol. The smallest absolute Gasteiger partial charge is 0.258 e. The number of rotatable bonds is 7. The first-order valence-electron chi connectivity index (χ1n) is 9.56. The Balaban J connectivity index is 1.88. The van der Waals surface area contributed by atoms with Gasteiger partial charge in [0.15, 0.2) is 0 Å². The molecule has 2 atom stereocenters. The van der Waals surface area contributed by atoms with Crippen molar-refractivity contribution in [2.24, 2.45) is 0 Å². The lowest BCUT2D eigenvalue weighted by atomic mass is 10.2. The van der Waals surface area contributed by atoms with Crippen molar-refractivity contribution in [1.29, 1.82) is 0 Å². The standard InChI is InChI=1S/C20H27N5O4/c1-13(11-26)21-17-10-18(25-7-8-29-12-14(25)2)23-20(22-17)24-19(27)15-5-4-6-16(9-15)28-3/h4-6,9-10,13-14,26H,7-8,11-12H2,1-3H3,(H2,21,22,23,24,27)/t13-,14-/m0/s1. The number of aromatic nitrogens is 2. The van der Waals surface area contributed by atoms with Crippen LogP contribution in [0, 0.1) is 0 Å². The van der Waals surface area contributed by atoms with E-state index in [1.54, 1.807) is 31.4 Å². The number of morpholine rings is 1. The summed E-state index contributed by atoms with van der Waals surface area (Å²) in [6, 6.07) is 8.62. The third-order valence-electron chi connectivity index (χ3n) is 4.60. The molecule has 1 aliphatic heterocycles. The number of hydrogen-bond donors (Lipinski definition) is 3. The van der Waals surface area contributed by atoms with Gasteiger partial charge in [-0.1, -0.05) is 6.07 Å². The van der Waals surface area contributed by atoms with Gasteiger partial charge in [-0.25, -0.2) is 0 Å². The molecule has 156 valence electrons. The molecule has 0 spiro atoms. The molecular formula is C20H27N5O4. The van der Waals surface area contributed by atoms with Gasteiger partial charge in [-0.2, -0.15) is 9.97 Å². The van der Waals surface area contributed by atoms with Crippen LogP contribution in [0.25, 0.3) is 0 Å². The Morgan fingerprint density at radius 2 is 2.24 bits per heavy atom. The lowest BCUT2D eigenvalue weighted by Crippen LogP contribution is -2.44. The van der Waals surface area contributed by atoms with E-state index in [1.165, 1.54) is 0 Å². The molecule has 0 saturated carbocycles. The molecule has 29 heavy (non-hydrogen) atoms. The summed E-state index contributed by atoms with van der Waals surface area (Å²) in [5.74, 6) is 1.65. The number of amides is 1. The van der Waals surface area contributed by atoms with Crippen LogP contribution in [0.2, 0.25) is 0 Å². The fraction of sp³-hybridized carbons (Fsp3) is 0.450. The SMILES string of the molecule is COc1cccc(C(=O)Nc2nc(N[C@@H](C)CO)cc(N3CCOC[C@@H]3C)n2)c1. The highest BCUT2D eigenvalue weighted by molar-refractivity contribution is 6.03. The molecule has 9 nitrogen and oxygen atoms in total. The monoisotopic (exact) mass is 401 g/mol. The summed E-state index contributed by atoms with van der Waals surface area (Å²) in [4.78, 5) is 23.7.